The molecule has 0 unspecified atom stereocenters. The van der Waals surface area contributed by atoms with Crippen molar-refractivity contribution in [2.24, 2.45) is 0 Å². The van der Waals surface area contributed by atoms with Gasteiger partial charge in [-0.15, -0.1) is 11.3 Å². The van der Waals surface area contributed by atoms with Gasteiger partial charge in [0.2, 0.25) is 0 Å². The van der Waals surface area contributed by atoms with E-state index >= 15 is 0 Å². The van der Waals surface area contributed by atoms with Crippen molar-refractivity contribution in [3.8, 4) is 0 Å². The molecular weight excluding hydrogens is 196 g/mol. The third-order valence-electron chi connectivity index (χ3n) is 2.83. The Morgan fingerprint density at radius 3 is 2.50 bits per heavy atom. The molecule has 2 nitrogen and oxygen atoms in total. The minimum absolute atomic E-state index is 0.281. The average Bonchev–Trinajstić information content (AvgIpc) is 2.58. The molecule has 0 radical (unpaired) electrons. The van der Waals surface area contributed by atoms with Crippen LogP contribution in [0, 0.1) is 6.92 Å². The average molecular weight is 210 g/mol. The van der Waals surface area contributed by atoms with E-state index in [2.05, 4.69) is 0 Å². The van der Waals surface area contributed by atoms with Gasteiger partial charge < -0.3 is 5.11 Å². The van der Waals surface area contributed by atoms with Crippen molar-refractivity contribution in [1.82, 2.24) is 0 Å². The third-order valence-corrected chi connectivity index (χ3v) is 4.03. The Hall–Kier alpha value is -0.670. The summed E-state index contributed by atoms with van der Waals surface area (Å²) in [5.74, 6) is 0.281. The molecule has 2 rings (SSSR count). The lowest BCUT2D eigenvalue weighted by Crippen LogP contribution is -2.30. The van der Waals surface area contributed by atoms with E-state index in [1.807, 2.05) is 19.1 Å². The number of hydrogen-bond acceptors (Lipinski definition) is 3. The standard InChI is InChI=1S/C11H14O2S/c1-8-2-3-10(14-8)11(13)6-4-9(12)5-7-11/h2-3,13H,4-7H2,1H3. The highest BCUT2D eigenvalue weighted by molar-refractivity contribution is 7.12. The molecule has 1 saturated carbocycles. The van der Waals surface area contributed by atoms with Gasteiger partial charge in [-0.3, -0.25) is 4.79 Å². The van der Waals surface area contributed by atoms with Gasteiger partial charge in [0, 0.05) is 22.6 Å². The Morgan fingerprint density at radius 2 is 2.00 bits per heavy atom. The highest BCUT2D eigenvalue weighted by Crippen LogP contribution is 2.38. The highest BCUT2D eigenvalue weighted by atomic mass is 32.1. The number of carbonyl (C=O) groups excluding carboxylic acids is 1. The zero-order valence-corrected chi connectivity index (χ0v) is 9.06. The predicted molar refractivity (Wildman–Crippen MR) is 56.4 cm³/mol. The summed E-state index contributed by atoms with van der Waals surface area (Å²) in [5, 5.41) is 10.3. The van der Waals surface area contributed by atoms with Crippen LogP contribution in [0.2, 0.25) is 0 Å². The van der Waals surface area contributed by atoms with Crippen molar-refractivity contribution in [3.63, 3.8) is 0 Å². The monoisotopic (exact) mass is 210 g/mol. The van der Waals surface area contributed by atoms with Crippen molar-refractivity contribution in [3.05, 3.63) is 21.9 Å². The van der Waals surface area contributed by atoms with Crippen LogP contribution in [0.25, 0.3) is 0 Å². The zero-order valence-electron chi connectivity index (χ0n) is 8.25. The van der Waals surface area contributed by atoms with Gasteiger partial charge in [-0.25, -0.2) is 0 Å². The van der Waals surface area contributed by atoms with Crippen LogP contribution in [0.4, 0.5) is 0 Å². The number of thiophene rings is 1. The molecule has 76 valence electrons. The van der Waals surface area contributed by atoms with Gasteiger partial charge in [0.1, 0.15) is 5.78 Å². The van der Waals surface area contributed by atoms with Gasteiger partial charge in [-0.2, -0.15) is 0 Å². The molecule has 1 fully saturated rings. The molecule has 0 bridgehead atoms. The molecule has 1 aliphatic carbocycles. The number of ketones is 1. The Balaban J connectivity index is 2.20. The molecule has 1 aromatic heterocycles. The fourth-order valence-electron chi connectivity index (χ4n) is 1.87. The lowest BCUT2D eigenvalue weighted by Gasteiger charge is -2.30. The fourth-order valence-corrected chi connectivity index (χ4v) is 2.89. The molecule has 0 spiro atoms. The van der Waals surface area contributed by atoms with E-state index in [1.54, 1.807) is 11.3 Å². The summed E-state index contributed by atoms with van der Waals surface area (Å²) >= 11 is 1.63. The summed E-state index contributed by atoms with van der Waals surface area (Å²) in [6.45, 7) is 2.03. The number of hydrogen-bond donors (Lipinski definition) is 1. The summed E-state index contributed by atoms with van der Waals surface area (Å²) in [6, 6.07) is 4.00. The summed E-state index contributed by atoms with van der Waals surface area (Å²) in [6.07, 6.45) is 2.22. The zero-order chi connectivity index (χ0) is 10.2. The van der Waals surface area contributed by atoms with Crippen molar-refractivity contribution in [2.75, 3.05) is 0 Å². The third kappa shape index (κ3) is 1.74. The molecule has 0 atom stereocenters. The minimum Gasteiger partial charge on any atom is -0.384 e. The number of aliphatic hydroxyl groups is 1. The van der Waals surface area contributed by atoms with Crippen LogP contribution in [-0.2, 0) is 10.4 Å². The first-order chi connectivity index (χ1) is 6.60. The highest BCUT2D eigenvalue weighted by Gasteiger charge is 2.34. The first kappa shape index (κ1) is 9.87. The molecule has 0 saturated heterocycles. The first-order valence-corrected chi connectivity index (χ1v) is 5.73. The van der Waals surface area contributed by atoms with Gasteiger partial charge >= 0.3 is 0 Å². The van der Waals surface area contributed by atoms with Crippen LogP contribution in [0.3, 0.4) is 0 Å². The number of Topliss-reactive ketones (excluding diaryl/α,β-unsaturated/α-hetero) is 1. The van der Waals surface area contributed by atoms with E-state index in [1.165, 1.54) is 4.88 Å². The van der Waals surface area contributed by atoms with E-state index in [9.17, 15) is 9.90 Å². The molecule has 1 aromatic rings. The summed E-state index contributed by atoms with van der Waals surface area (Å²) in [4.78, 5) is 13.3. The molecule has 0 amide bonds. The Bertz CT molecular complexity index is 344. The van der Waals surface area contributed by atoms with Gasteiger partial charge in [-0.1, -0.05) is 0 Å². The molecule has 0 aliphatic heterocycles. The maximum Gasteiger partial charge on any atom is 0.133 e. The predicted octanol–water partition coefficient (Wildman–Crippen LogP) is 2.39. The quantitative estimate of drug-likeness (QED) is 0.772. The Morgan fingerprint density at radius 1 is 1.36 bits per heavy atom. The van der Waals surface area contributed by atoms with Crippen LogP contribution in [0.5, 0.6) is 0 Å². The first-order valence-electron chi connectivity index (χ1n) is 4.91. The lowest BCUT2D eigenvalue weighted by molar-refractivity contribution is -0.125. The summed E-state index contributed by atoms with van der Waals surface area (Å²) in [7, 11) is 0. The van der Waals surface area contributed by atoms with Crippen molar-refractivity contribution in [1.29, 1.82) is 0 Å². The second-order valence-corrected chi connectivity index (χ2v) is 5.27. The maximum absolute atomic E-state index is 11.1. The Kier molecular flexibility index (Phi) is 2.45. The van der Waals surface area contributed by atoms with Crippen LogP contribution in [-0.4, -0.2) is 10.9 Å². The van der Waals surface area contributed by atoms with Crippen LogP contribution in [0.15, 0.2) is 12.1 Å². The van der Waals surface area contributed by atoms with Gasteiger partial charge in [0.25, 0.3) is 0 Å². The smallest absolute Gasteiger partial charge is 0.133 e. The molecule has 0 aromatic carbocycles. The molecule has 1 N–H and O–H groups in total. The topological polar surface area (TPSA) is 37.3 Å². The van der Waals surface area contributed by atoms with Gasteiger partial charge in [-0.05, 0) is 31.9 Å². The number of carbonyl (C=O) groups is 1. The lowest BCUT2D eigenvalue weighted by atomic mass is 9.83. The van der Waals surface area contributed by atoms with E-state index in [0.717, 1.165) is 4.88 Å². The molecular formula is C11H14O2S. The molecule has 1 aliphatic rings. The van der Waals surface area contributed by atoms with Gasteiger partial charge in [0.15, 0.2) is 0 Å². The van der Waals surface area contributed by atoms with E-state index in [-0.39, 0.29) is 5.78 Å². The molecule has 1 heterocycles. The number of aryl methyl sites for hydroxylation is 1. The summed E-state index contributed by atoms with van der Waals surface area (Å²) < 4.78 is 0. The largest absolute Gasteiger partial charge is 0.384 e. The second kappa shape index (κ2) is 3.48. The SMILES string of the molecule is Cc1ccc(C2(O)CCC(=O)CC2)s1. The fraction of sp³-hybridized carbons (Fsp3) is 0.545. The van der Waals surface area contributed by atoms with Crippen LogP contribution < -0.4 is 0 Å². The minimum atomic E-state index is -0.729. The molecule has 14 heavy (non-hydrogen) atoms. The van der Waals surface area contributed by atoms with E-state index in [4.69, 9.17) is 0 Å². The maximum atomic E-state index is 11.1. The van der Waals surface area contributed by atoms with E-state index in [0.29, 0.717) is 25.7 Å². The van der Waals surface area contributed by atoms with Gasteiger partial charge in [0.05, 0.1) is 5.60 Å². The van der Waals surface area contributed by atoms with Crippen molar-refractivity contribution in [2.45, 2.75) is 38.2 Å². The van der Waals surface area contributed by atoms with Crippen molar-refractivity contribution >= 4 is 17.1 Å². The molecule has 3 heteroatoms. The van der Waals surface area contributed by atoms with Crippen LogP contribution >= 0.6 is 11.3 Å². The Labute approximate surface area is 87.6 Å². The van der Waals surface area contributed by atoms with Crippen molar-refractivity contribution < 1.29 is 9.90 Å². The summed E-state index contributed by atoms with van der Waals surface area (Å²) in [5.41, 5.74) is -0.729. The normalized spacial score (nSPS) is 21.1. The second-order valence-electron chi connectivity index (χ2n) is 3.98. The van der Waals surface area contributed by atoms with E-state index < -0.39 is 5.60 Å². The number of rotatable bonds is 1. The van der Waals surface area contributed by atoms with Crippen LogP contribution in [0.1, 0.15) is 35.4 Å².